The molecule has 1 heterocycles. The number of nitrogens with zero attached hydrogens (tertiary/aromatic N) is 1. The van der Waals surface area contributed by atoms with Gasteiger partial charge in [0.25, 0.3) is 0 Å². The maximum absolute atomic E-state index is 4.22. The number of aromatic amines is 1. The predicted octanol–water partition coefficient (Wildman–Crippen LogP) is 4.07. The first-order valence-corrected chi connectivity index (χ1v) is 7.75. The number of nitrogens with one attached hydrogen (secondary N) is 2. The number of hydrogen-bond donors (Lipinski definition) is 2. The Labute approximate surface area is 119 Å². The van der Waals surface area contributed by atoms with Crippen molar-refractivity contribution in [2.75, 3.05) is 5.32 Å². The summed E-state index contributed by atoms with van der Waals surface area (Å²) >= 11 is 0. The first-order chi connectivity index (χ1) is 9.90. The molecule has 3 nitrogen and oxygen atoms in total. The van der Waals surface area contributed by atoms with Gasteiger partial charge in [0.15, 0.2) is 0 Å². The Morgan fingerprint density at radius 3 is 2.60 bits per heavy atom. The van der Waals surface area contributed by atoms with Crippen molar-refractivity contribution < 1.29 is 0 Å². The molecule has 2 atom stereocenters. The number of benzene rings is 1. The first kappa shape index (κ1) is 12.0. The molecule has 2 aromatic rings. The van der Waals surface area contributed by atoms with Gasteiger partial charge in [-0.05, 0) is 43.9 Å². The van der Waals surface area contributed by atoms with Crippen LogP contribution in [0.15, 0.2) is 36.5 Å². The summed E-state index contributed by atoms with van der Waals surface area (Å²) in [5.74, 6) is 2.01. The maximum Gasteiger partial charge on any atom is 0.0882 e. The molecule has 2 unspecified atom stereocenters. The molecule has 104 valence electrons. The van der Waals surface area contributed by atoms with E-state index in [1.165, 1.54) is 37.7 Å². The van der Waals surface area contributed by atoms with Crippen molar-refractivity contribution in [2.24, 2.45) is 11.8 Å². The lowest BCUT2D eigenvalue weighted by Gasteiger charge is -2.14. The van der Waals surface area contributed by atoms with Crippen molar-refractivity contribution in [2.45, 2.75) is 38.1 Å². The molecule has 0 amide bonds. The predicted molar refractivity (Wildman–Crippen MR) is 81.5 cm³/mol. The van der Waals surface area contributed by atoms with Crippen molar-refractivity contribution in [3.63, 3.8) is 0 Å². The summed E-state index contributed by atoms with van der Waals surface area (Å²) in [6.45, 7) is 0. The van der Waals surface area contributed by atoms with E-state index in [0.29, 0.717) is 6.04 Å². The number of hydrogen-bond acceptors (Lipinski definition) is 2. The third-order valence-corrected chi connectivity index (χ3v) is 4.82. The van der Waals surface area contributed by atoms with E-state index in [-0.39, 0.29) is 0 Å². The van der Waals surface area contributed by atoms with Crippen LogP contribution in [0.3, 0.4) is 0 Å². The van der Waals surface area contributed by atoms with Crippen LogP contribution in [0.25, 0.3) is 11.3 Å². The van der Waals surface area contributed by atoms with E-state index in [9.17, 15) is 0 Å². The molecular weight excluding hydrogens is 246 g/mol. The van der Waals surface area contributed by atoms with Crippen molar-refractivity contribution >= 4 is 5.69 Å². The summed E-state index contributed by atoms with van der Waals surface area (Å²) in [7, 11) is 0. The van der Waals surface area contributed by atoms with Crippen LogP contribution < -0.4 is 5.32 Å². The molecule has 3 heteroatoms. The van der Waals surface area contributed by atoms with Crippen LogP contribution in [-0.4, -0.2) is 16.2 Å². The van der Waals surface area contributed by atoms with Crippen LogP contribution in [0.5, 0.6) is 0 Å². The van der Waals surface area contributed by atoms with Gasteiger partial charge in [-0.3, -0.25) is 5.10 Å². The molecule has 2 aliphatic rings. The normalized spacial score (nSPS) is 25.8. The molecule has 1 aromatic heterocycles. The van der Waals surface area contributed by atoms with Crippen molar-refractivity contribution in [3.05, 3.63) is 36.5 Å². The summed E-state index contributed by atoms with van der Waals surface area (Å²) in [5, 5.41) is 11.1. The summed E-state index contributed by atoms with van der Waals surface area (Å²) in [4.78, 5) is 0. The monoisotopic (exact) mass is 267 g/mol. The zero-order chi connectivity index (χ0) is 13.4. The average molecular weight is 267 g/mol. The number of rotatable bonds is 4. The van der Waals surface area contributed by atoms with E-state index in [1.54, 1.807) is 0 Å². The fourth-order valence-electron chi connectivity index (χ4n) is 3.58. The third-order valence-electron chi connectivity index (χ3n) is 4.82. The highest BCUT2D eigenvalue weighted by atomic mass is 15.1. The van der Waals surface area contributed by atoms with Gasteiger partial charge in [0, 0.05) is 11.6 Å². The molecule has 2 saturated carbocycles. The lowest BCUT2D eigenvalue weighted by atomic mass is 10.0. The van der Waals surface area contributed by atoms with Crippen LogP contribution in [0.1, 0.15) is 32.1 Å². The van der Waals surface area contributed by atoms with E-state index in [2.05, 4.69) is 39.8 Å². The Morgan fingerprint density at radius 1 is 1.00 bits per heavy atom. The minimum absolute atomic E-state index is 0.626. The van der Waals surface area contributed by atoms with Gasteiger partial charge >= 0.3 is 0 Å². The van der Waals surface area contributed by atoms with Gasteiger partial charge in [-0.25, -0.2) is 0 Å². The fourth-order valence-corrected chi connectivity index (χ4v) is 3.58. The van der Waals surface area contributed by atoms with Crippen molar-refractivity contribution in [1.82, 2.24) is 10.2 Å². The molecule has 0 bridgehead atoms. The quantitative estimate of drug-likeness (QED) is 0.876. The Balaban J connectivity index is 1.48. The topological polar surface area (TPSA) is 40.7 Å². The highest BCUT2D eigenvalue weighted by molar-refractivity contribution is 5.73. The van der Waals surface area contributed by atoms with Crippen molar-refractivity contribution in [3.8, 4) is 11.3 Å². The molecule has 0 spiro atoms. The summed E-state index contributed by atoms with van der Waals surface area (Å²) in [6, 6.07) is 11.1. The molecule has 20 heavy (non-hydrogen) atoms. The fraction of sp³-hybridized carbons (Fsp3) is 0.471. The lowest BCUT2D eigenvalue weighted by Crippen LogP contribution is -2.16. The summed E-state index contributed by atoms with van der Waals surface area (Å²) in [6.07, 6.45) is 8.91. The minimum atomic E-state index is 0.626. The largest absolute Gasteiger partial charge is 0.379 e. The molecular formula is C17H21N3. The van der Waals surface area contributed by atoms with E-state index in [4.69, 9.17) is 0 Å². The number of aromatic nitrogens is 2. The van der Waals surface area contributed by atoms with Gasteiger partial charge in [0.05, 0.1) is 17.6 Å². The summed E-state index contributed by atoms with van der Waals surface area (Å²) in [5.41, 5.74) is 3.46. The Kier molecular flexibility index (Phi) is 2.98. The van der Waals surface area contributed by atoms with E-state index in [1.807, 2.05) is 12.3 Å². The van der Waals surface area contributed by atoms with Crippen LogP contribution in [0.2, 0.25) is 0 Å². The third kappa shape index (κ3) is 2.33. The van der Waals surface area contributed by atoms with Crippen LogP contribution in [0, 0.1) is 11.8 Å². The molecule has 0 radical (unpaired) electrons. The zero-order valence-corrected chi connectivity index (χ0v) is 11.7. The smallest absolute Gasteiger partial charge is 0.0882 e. The Hall–Kier alpha value is -1.77. The van der Waals surface area contributed by atoms with Gasteiger partial charge in [0.1, 0.15) is 0 Å². The van der Waals surface area contributed by atoms with Crippen molar-refractivity contribution in [1.29, 1.82) is 0 Å². The molecule has 0 aliphatic heterocycles. The second kappa shape index (κ2) is 4.97. The van der Waals surface area contributed by atoms with Gasteiger partial charge in [-0.15, -0.1) is 0 Å². The van der Waals surface area contributed by atoms with Crippen LogP contribution in [-0.2, 0) is 0 Å². The maximum atomic E-state index is 4.22. The molecule has 2 N–H and O–H groups in total. The summed E-state index contributed by atoms with van der Waals surface area (Å²) < 4.78 is 0. The van der Waals surface area contributed by atoms with Gasteiger partial charge in [-0.1, -0.05) is 30.3 Å². The standard InChI is InChI=1S/C17H21N3/c1-2-4-13(5-3-1)17-16(11-18-20-17)19-15-9-8-14(10-15)12-6-7-12/h1-5,11-12,14-15,19H,6-10H2,(H,18,20). The Bertz CT molecular complexity index is 571. The minimum Gasteiger partial charge on any atom is -0.379 e. The number of anilines is 1. The molecule has 2 fully saturated rings. The highest BCUT2D eigenvalue weighted by Gasteiger charge is 2.36. The van der Waals surface area contributed by atoms with E-state index in [0.717, 1.165) is 23.2 Å². The van der Waals surface area contributed by atoms with Gasteiger partial charge < -0.3 is 5.32 Å². The molecule has 0 saturated heterocycles. The highest BCUT2D eigenvalue weighted by Crippen LogP contribution is 2.45. The van der Waals surface area contributed by atoms with Crippen LogP contribution >= 0.6 is 0 Å². The molecule has 1 aromatic carbocycles. The average Bonchev–Trinajstić information content (AvgIpc) is 3.06. The van der Waals surface area contributed by atoms with E-state index >= 15 is 0 Å². The van der Waals surface area contributed by atoms with E-state index < -0.39 is 0 Å². The second-order valence-electron chi connectivity index (χ2n) is 6.28. The zero-order valence-electron chi connectivity index (χ0n) is 11.7. The second-order valence-corrected chi connectivity index (χ2v) is 6.28. The Morgan fingerprint density at radius 2 is 1.80 bits per heavy atom. The van der Waals surface area contributed by atoms with Crippen LogP contribution in [0.4, 0.5) is 5.69 Å². The van der Waals surface area contributed by atoms with Gasteiger partial charge in [0.2, 0.25) is 0 Å². The van der Waals surface area contributed by atoms with Gasteiger partial charge in [-0.2, -0.15) is 5.10 Å². The molecule has 4 rings (SSSR count). The molecule has 2 aliphatic carbocycles. The SMILES string of the molecule is c1ccc(-c2[nH]ncc2NC2CCC(C3CC3)C2)cc1. The first-order valence-electron chi connectivity index (χ1n) is 7.75. The number of H-pyrrole nitrogens is 1. The lowest BCUT2D eigenvalue weighted by molar-refractivity contribution is 0.475.